The van der Waals surface area contributed by atoms with Gasteiger partial charge in [-0.2, -0.15) is 4.99 Å². The van der Waals surface area contributed by atoms with Crippen LogP contribution in [0.5, 0.6) is 0 Å². The number of aromatic nitrogens is 1. The van der Waals surface area contributed by atoms with E-state index in [9.17, 15) is 13.6 Å². The van der Waals surface area contributed by atoms with E-state index in [-0.39, 0.29) is 24.0 Å². The molecule has 0 aliphatic rings. The van der Waals surface area contributed by atoms with Crippen molar-refractivity contribution in [2.24, 2.45) is 4.99 Å². The van der Waals surface area contributed by atoms with Crippen molar-refractivity contribution in [3.05, 3.63) is 64.5 Å². The van der Waals surface area contributed by atoms with E-state index in [1.807, 2.05) is 11.5 Å². The van der Waals surface area contributed by atoms with Crippen LogP contribution < -0.4 is 4.80 Å². The lowest BCUT2D eigenvalue weighted by atomic mass is 10.1. The molecular formula is C17H14F2N2OS. The van der Waals surface area contributed by atoms with Crippen molar-refractivity contribution in [3.63, 3.8) is 0 Å². The molecular weight excluding hydrogens is 318 g/mol. The SMILES string of the molecule is CCn1c(=NC(=O)Cc2ccc(F)cc2)sc2cc(F)ccc21. The second-order valence-corrected chi connectivity index (χ2v) is 6.06. The molecule has 0 bridgehead atoms. The van der Waals surface area contributed by atoms with E-state index in [0.717, 1.165) is 10.2 Å². The Morgan fingerprint density at radius 2 is 1.83 bits per heavy atom. The zero-order valence-electron chi connectivity index (χ0n) is 12.4. The zero-order chi connectivity index (χ0) is 16.4. The Morgan fingerprint density at radius 3 is 2.52 bits per heavy atom. The first-order valence-corrected chi connectivity index (χ1v) is 7.99. The third-order valence-corrected chi connectivity index (χ3v) is 4.49. The molecule has 3 nitrogen and oxygen atoms in total. The maximum Gasteiger partial charge on any atom is 0.252 e. The fraction of sp³-hybridized carbons (Fsp3) is 0.176. The summed E-state index contributed by atoms with van der Waals surface area (Å²) in [5, 5.41) is 0. The molecule has 0 N–H and O–H groups in total. The van der Waals surface area contributed by atoms with E-state index in [0.29, 0.717) is 16.9 Å². The summed E-state index contributed by atoms with van der Waals surface area (Å²) >= 11 is 1.28. The van der Waals surface area contributed by atoms with Gasteiger partial charge in [0.25, 0.3) is 5.91 Å². The molecule has 0 fully saturated rings. The fourth-order valence-electron chi connectivity index (χ4n) is 2.36. The van der Waals surface area contributed by atoms with E-state index in [1.54, 1.807) is 18.2 Å². The van der Waals surface area contributed by atoms with Gasteiger partial charge in [0.05, 0.1) is 16.6 Å². The number of fused-ring (bicyclic) bond motifs is 1. The smallest absolute Gasteiger partial charge is 0.252 e. The highest BCUT2D eigenvalue weighted by molar-refractivity contribution is 7.16. The monoisotopic (exact) mass is 332 g/mol. The Balaban J connectivity index is 1.96. The number of aryl methyl sites for hydroxylation is 1. The van der Waals surface area contributed by atoms with Crippen LogP contribution in [0.2, 0.25) is 0 Å². The highest BCUT2D eigenvalue weighted by atomic mass is 32.1. The minimum absolute atomic E-state index is 0.104. The summed E-state index contributed by atoms with van der Waals surface area (Å²) in [4.78, 5) is 16.8. The number of hydrogen-bond acceptors (Lipinski definition) is 2. The molecule has 0 saturated heterocycles. The quantitative estimate of drug-likeness (QED) is 0.720. The summed E-state index contributed by atoms with van der Waals surface area (Å²) in [5.41, 5.74) is 1.56. The van der Waals surface area contributed by atoms with Gasteiger partial charge < -0.3 is 4.57 Å². The van der Waals surface area contributed by atoms with Gasteiger partial charge in [0, 0.05) is 6.54 Å². The topological polar surface area (TPSA) is 34.4 Å². The van der Waals surface area contributed by atoms with Crippen molar-refractivity contribution in [3.8, 4) is 0 Å². The number of hydrogen-bond donors (Lipinski definition) is 0. The molecule has 0 atom stereocenters. The Morgan fingerprint density at radius 1 is 1.13 bits per heavy atom. The van der Waals surface area contributed by atoms with Gasteiger partial charge in [0.2, 0.25) is 0 Å². The number of benzene rings is 2. The highest BCUT2D eigenvalue weighted by Crippen LogP contribution is 2.18. The van der Waals surface area contributed by atoms with Gasteiger partial charge in [-0.1, -0.05) is 23.5 Å². The summed E-state index contributed by atoms with van der Waals surface area (Å²) in [5.74, 6) is -0.967. The minimum Gasteiger partial charge on any atom is -0.317 e. The van der Waals surface area contributed by atoms with Crippen LogP contribution in [0.25, 0.3) is 10.2 Å². The van der Waals surface area contributed by atoms with Crippen LogP contribution in [0.1, 0.15) is 12.5 Å². The molecule has 0 spiro atoms. The Bertz CT molecular complexity index is 926. The Kier molecular flexibility index (Phi) is 4.34. The van der Waals surface area contributed by atoms with Gasteiger partial charge in [-0.15, -0.1) is 0 Å². The predicted molar refractivity (Wildman–Crippen MR) is 86.1 cm³/mol. The van der Waals surface area contributed by atoms with E-state index >= 15 is 0 Å². The summed E-state index contributed by atoms with van der Waals surface area (Å²) in [7, 11) is 0. The number of nitrogens with zero attached hydrogens (tertiary/aromatic N) is 2. The van der Waals surface area contributed by atoms with Crippen LogP contribution in [0.4, 0.5) is 8.78 Å². The second kappa shape index (κ2) is 6.42. The molecule has 2 aromatic carbocycles. The summed E-state index contributed by atoms with van der Waals surface area (Å²) < 4.78 is 28.8. The molecule has 1 amide bonds. The standard InChI is InChI=1S/C17H14F2N2OS/c1-2-21-14-8-7-13(19)10-15(14)23-17(21)20-16(22)9-11-3-5-12(18)6-4-11/h3-8,10H,2,9H2,1H3. The molecule has 1 heterocycles. The van der Waals surface area contributed by atoms with Crippen LogP contribution in [-0.2, 0) is 17.8 Å². The maximum atomic E-state index is 13.3. The van der Waals surface area contributed by atoms with Crippen molar-refractivity contribution in [2.75, 3.05) is 0 Å². The molecule has 3 aromatic rings. The number of halogens is 2. The van der Waals surface area contributed by atoms with Gasteiger partial charge >= 0.3 is 0 Å². The summed E-state index contributed by atoms with van der Waals surface area (Å²) in [6.07, 6.45) is 0.104. The first-order chi connectivity index (χ1) is 11.1. The minimum atomic E-state index is -0.339. The number of thiazole rings is 1. The van der Waals surface area contributed by atoms with Crippen molar-refractivity contribution in [1.29, 1.82) is 0 Å². The highest BCUT2D eigenvalue weighted by Gasteiger charge is 2.08. The first kappa shape index (κ1) is 15.6. The van der Waals surface area contributed by atoms with Crippen molar-refractivity contribution >= 4 is 27.5 Å². The van der Waals surface area contributed by atoms with Crippen molar-refractivity contribution in [2.45, 2.75) is 19.9 Å². The van der Waals surface area contributed by atoms with Gasteiger partial charge in [0.15, 0.2) is 4.80 Å². The molecule has 0 aliphatic carbocycles. The molecule has 23 heavy (non-hydrogen) atoms. The molecule has 3 rings (SSSR count). The van der Waals surface area contributed by atoms with Crippen LogP contribution in [0.15, 0.2) is 47.5 Å². The lowest BCUT2D eigenvalue weighted by molar-refractivity contribution is -0.117. The van der Waals surface area contributed by atoms with Crippen LogP contribution in [0.3, 0.4) is 0 Å². The second-order valence-electron chi connectivity index (χ2n) is 5.05. The predicted octanol–water partition coefficient (Wildman–Crippen LogP) is 3.67. The normalized spacial score (nSPS) is 12.0. The van der Waals surface area contributed by atoms with Gasteiger partial charge in [0.1, 0.15) is 11.6 Å². The van der Waals surface area contributed by atoms with Crippen LogP contribution in [0, 0.1) is 11.6 Å². The molecule has 0 radical (unpaired) electrons. The van der Waals surface area contributed by atoms with E-state index in [2.05, 4.69) is 4.99 Å². The third kappa shape index (κ3) is 3.37. The molecule has 118 valence electrons. The molecule has 6 heteroatoms. The Labute approximate surface area is 135 Å². The zero-order valence-corrected chi connectivity index (χ0v) is 13.2. The number of carbonyl (C=O) groups is 1. The van der Waals surface area contributed by atoms with Crippen LogP contribution in [-0.4, -0.2) is 10.5 Å². The number of rotatable bonds is 3. The fourth-order valence-corrected chi connectivity index (χ4v) is 3.50. The van der Waals surface area contributed by atoms with E-state index in [4.69, 9.17) is 0 Å². The van der Waals surface area contributed by atoms with Crippen LogP contribution >= 0.6 is 11.3 Å². The average Bonchev–Trinajstić information content (AvgIpc) is 2.85. The third-order valence-electron chi connectivity index (χ3n) is 3.45. The molecule has 1 aromatic heterocycles. The summed E-state index contributed by atoms with van der Waals surface area (Å²) in [6.45, 7) is 2.58. The maximum absolute atomic E-state index is 13.3. The average molecular weight is 332 g/mol. The van der Waals surface area contributed by atoms with Gasteiger partial charge in [-0.25, -0.2) is 8.78 Å². The largest absolute Gasteiger partial charge is 0.317 e. The van der Waals surface area contributed by atoms with Gasteiger partial charge in [-0.3, -0.25) is 4.79 Å². The summed E-state index contributed by atoms with van der Waals surface area (Å²) in [6, 6.07) is 10.3. The van der Waals surface area contributed by atoms with E-state index in [1.165, 1.54) is 35.6 Å². The molecule has 0 saturated carbocycles. The molecule has 0 unspecified atom stereocenters. The Hall–Kier alpha value is -2.34. The lowest BCUT2D eigenvalue weighted by Gasteiger charge is -2.00. The lowest BCUT2D eigenvalue weighted by Crippen LogP contribution is -2.16. The first-order valence-electron chi connectivity index (χ1n) is 7.17. The van der Waals surface area contributed by atoms with Crippen molar-refractivity contribution in [1.82, 2.24) is 4.57 Å². The number of amides is 1. The molecule has 0 aliphatic heterocycles. The van der Waals surface area contributed by atoms with Gasteiger partial charge in [-0.05, 0) is 42.8 Å². The van der Waals surface area contributed by atoms with Crippen molar-refractivity contribution < 1.29 is 13.6 Å². The number of carbonyl (C=O) groups excluding carboxylic acids is 1. The van der Waals surface area contributed by atoms with E-state index < -0.39 is 0 Å².